The summed E-state index contributed by atoms with van der Waals surface area (Å²) in [7, 11) is 1.61. The zero-order valence-electron chi connectivity index (χ0n) is 11.3. The number of thioether (sulfide) groups is 1. The summed E-state index contributed by atoms with van der Waals surface area (Å²) in [6.07, 6.45) is 1.82. The lowest BCUT2D eigenvalue weighted by molar-refractivity contribution is -0.123. The van der Waals surface area contributed by atoms with E-state index in [-0.39, 0.29) is 11.9 Å². The molecule has 0 aliphatic carbocycles. The molecule has 0 N–H and O–H groups in total. The average Bonchev–Trinajstić information content (AvgIpc) is 2.64. The molecule has 3 nitrogen and oxygen atoms in total. The topological polar surface area (TPSA) is 29.5 Å². The largest absolute Gasteiger partial charge is 0.496 e. The fourth-order valence-electron chi connectivity index (χ4n) is 1.88. The van der Waals surface area contributed by atoms with Gasteiger partial charge in [-0.2, -0.15) is 0 Å². The Labute approximate surface area is 136 Å². The van der Waals surface area contributed by atoms with E-state index in [0.717, 1.165) is 15.8 Å². The number of hydrogen-bond acceptors (Lipinski definition) is 4. The van der Waals surface area contributed by atoms with Gasteiger partial charge in [0.1, 0.15) is 10.1 Å². The standard InChI is InChI=1S/C14H14BrNO2S2/c1-8(2)16-13(17)12(20-14(16)19)7-9-6-10(15)4-5-11(9)18-3/h4-8H,1-3H3/b12-7+. The van der Waals surface area contributed by atoms with Crippen molar-refractivity contribution in [3.05, 3.63) is 33.1 Å². The maximum atomic E-state index is 12.3. The quantitative estimate of drug-likeness (QED) is 0.591. The molecule has 0 radical (unpaired) electrons. The van der Waals surface area contributed by atoms with Crippen molar-refractivity contribution in [3.8, 4) is 5.75 Å². The first-order valence-corrected chi connectivity index (χ1v) is 8.06. The first-order valence-electron chi connectivity index (χ1n) is 6.04. The maximum Gasteiger partial charge on any atom is 0.266 e. The highest BCUT2D eigenvalue weighted by Crippen LogP contribution is 2.35. The number of thiocarbonyl (C=S) groups is 1. The van der Waals surface area contributed by atoms with Gasteiger partial charge in [0.05, 0.1) is 12.0 Å². The van der Waals surface area contributed by atoms with Gasteiger partial charge in [-0.15, -0.1) is 0 Å². The SMILES string of the molecule is COc1ccc(Br)cc1/C=C1/SC(=S)N(C(C)C)C1=O. The summed E-state index contributed by atoms with van der Waals surface area (Å²) in [5.74, 6) is 0.681. The van der Waals surface area contributed by atoms with Crippen molar-refractivity contribution >= 4 is 56.2 Å². The molecule has 20 heavy (non-hydrogen) atoms. The van der Waals surface area contributed by atoms with Crippen LogP contribution in [-0.2, 0) is 4.79 Å². The number of halogens is 1. The van der Waals surface area contributed by atoms with E-state index >= 15 is 0 Å². The molecule has 2 rings (SSSR count). The lowest BCUT2D eigenvalue weighted by Gasteiger charge is -2.18. The predicted octanol–water partition coefficient (Wildman–Crippen LogP) is 4.07. The van der Waals surface area contributed by atoms with Gasteiger partial charge in [-0.1, -0.05) is 39.9 Å². The molecule has 1 aromatic rings. The highest BCUT2D eigenvalue weighted by atomic mass is 79.9. The third kappa shape index (κ3) is 3.07. The van der Waals surface area contributed by atoms with Gasteiger partial charge in [-0.05, 0) is 38.1 Å². The summed E-state index contributed by atoms with van der Waals surface area (Å²) in [6.45, 7) is 3.90. The second-order valence-corrected chi connectivity index (χ2v) is 7.12. The Morgan fingerprint density at radius 2 is 2.15 bits per heavy atom. The van der Waals surface area contributed by atoms with Crippen LogP contribution in [0.25, 0.3) is 6.08 Å². The normalized spacial score (nSPS) is 17.4. The van der Waals surface area contributed by atoms with Crippen molar-refractivity contribution < 1.29 is 9.53 Å². The molecular weight excluding hydrogens is 358 g/mol. The molecule has 6 heteroatoms. The van der Waals surface area contributed by atoms with E-state index in [1.807, 2.05) is 38.1 Å². The molecule has 0 unspecified atom stereocenters. The zero-order chi connectivity index (χ0) is 14.9. The molecule has 0 aromatic heterocycles. The summed E-state index contributed by atoms with van der Waals surface area (Å²) in [4.78, 5) is 14.6. The number of amides is 1. The summed E-state index contributed by atoms with van der Waals surface area (Å²) in [6, 6.07) is 5.74. The molecule has 0 saturated carbocycles. The van der Waals surface area contributed by atoms with E-state index in [9.17, 15) is 4.79 Å². The number of carbonyl (C=O) groups excluding carboxylic acids is 1. The Balaban J connectivity index is 2.40. The number of methoxy groups -OCH3 is 1. The van der Waals surface area contributed by atoms with E-state index in [2.05, 4.69) is 15.9 Å². The van der Waals surface area contributed by atoms with Crippen LogP contribution in [0.4, 0.5) is 0 Å². The minimum absolute atomic E-state index is 0.0444. The van der Waals surface area contributed by atoms with Gasteiger partial charge in [0.2, 0.25) is 0 Å². The van der Waals surface area contributed by atoms with Crippen molar-refractivity contribution in [3.63, 3.8) is 0 Å². The van der Waals surface area contributed by atoms with Crippen LogP contribution in [-0.4, -0.2) is 28.3 Å². The number of carbonyl (C=O) groups is 1. The van der Waals surface area contributed by atoms with Gasteiger partial charge in [-0.25, -0.2) is 0 Å². The van der Waals surface area contributed by atoms with Crippen LogP contribution < -0.4 is 4.74 Å². The maximum absolute atomic E-state index is 12.3. The smallest absolute Gasteiger partial charge is 0.266 e. The number of rotatable bonds is 3. The summed E-state index contributed by atoms with van der Waals surface area (Å²) in [5, 5.41) is 0. The Kier molecular flexibility index (Phi) is 4.88. The lowest BCUT2D eigenvalue weighted by Crippen LogP contribution is -2.34. The van der Waals surface area contributed by atoms with E-state index in [1.54, 1.807) is 12.0 Å². The molecule has 1 saturated heterocycles. The van der Waals surface area contributed by atoms with Crippen molar-refractivity contribution in [2.75, 3.05) is 7.11 Å². The predicted molar refractivity (Wildman–Crippen MR) is 90.8 cm³/mol. The van der Waals surface area contributed by atoms with Gasteiger partial charge in [0, 0.05) is 16.1 Å². The van der Waals surface area contributed by atoms with E-state index in [1.165, 1.54) is 11.8 Å². The molecule has 1 aliphatic rings. The molecule has 0 bridgehead atoms. The third-order valence-electron chi connectivity index (χ3n) is 2.82. The van der Waals surface area contributed by atoms with Crippen LogP contribution in [0.1, 0.15) is 19.4 Å². The second kappa shape index (κ2) is 6.28. The number of benzene rings is 1. The zero-order valence-corrected chi connectivity index (χ0v) is 14.6. The first kappa shape index (κ1) is 15.5. The monoisotopic (exact) mass is 371 g/mol. The Bertz CT molecular complexity index is 599. The van der Waals surface area contributed by atoms with Crippen molar-refractivity contribution in [2.45, 2.75) is 19.9 Å². The van der Waals surface area contributed by atoms with Crippen LogP contribution in [0.5, 0.6) is 5.75 Å². The molecule has 1 fully saturated rings. The number of nitrogens with zero attached hydrogens (tertiary/aromatic N) is 1. The molecular formula is C14H14BrNO2S2. The van der Waals surface area contributed by atoms with E-state index in [4.69, 9.17) is 17.0 Å². The molecule has 1 amide bonds. The molecule has 1 heterocycles. The minimum atomic E-state index is -0.0444. The van der Waals surface area contributed by atoms with Gasteiger partial charge >= 0.3 is 0 Å². The Morgan fingerprint density at radius 3 is 2.70 bits per heavy atom. The van der Waals surface area contributed by atoms with Crippen molar-refractivity contribution in [2.24, 2.45) is 0 Å². The van der Waals surface area contributed by atoms with Crippen LogP contribution in [0, 0.1) is 0 Å². The van der Waals surface area contributed by atoms with Gasteiger partial charge in [0.15, 0.2) is 0 Å². The summed E-state index contributed by atoms with van der Waals surface area (Å²) >= 11 is 10.0. The highest BCUT2D eigenvalue weighted by Gasteiger charge is 2.33. The highest BCUT2D eigenvalue weighted by molar-refractivity contribution is 9.10. The molecule has 0 spiro atoms. The van der Waals surface area contributed by atoms with Gasteiger partial charge in [-0.3, -0.25) is 9.69 Å². The molecule has 0 atom stereocenters. The van der Waals surface area contributed by atoms with Crippen LogP contribution in [0.15, 0.2) is 27.6 Å². The average molecular weight is 372 g/mol. The molecule has 1 aromatic carbocycles. The minimum Gasteiger partial charge on any atom is -0.496 e. The molecule has 1 aliphatic heterocycles. The van der Waals surface area contributed by atoms with E-state index < -0.39 is 0 Å². The lowest BCUT2D eigenvalue weighted by atomic mass is 10.2. The summed E-state index contributed by atoms with van der Waals surface area (Å²) < 4.78 is 6.85. The third-order valence-corrected chi connectivity index (χ3v) is 4.64. The fraction of sp³-hybridized carbons (Fsp3) is 0.286. The van der Waals surface area contributed by atoms with Crippen LogP contribution >= 0.6 is 39.9 Å². The fourth-order valence-corrected chi connectivity index (χ4v) is 3.78. The van der Waals surface area contributed by atoms with Gasteiger partial charge in [0.25, 0.3) is 5.91 Å². The van der Waals surface area contributed by atoms with E-state index in [0.29, 0.717) is 9.23 Å². The number of ether oxygens (including phenoxy) is 1. The number of hydrogen-bond donors (Lipinski definition) is 0. The van der Waals surface area contributed by atoms with Crippen LogP contribution in [0.3, 0.4) is 0 Å². The Hall–Kier alpha value is -0.850. The Morgan fingerprint density at radius 1 is 1.45 bits per heavy atom. The van der Waals surface area contributed by atoms with Gasteiger partial charge < -0.3 is 4.74 Å². The van der Waals surface area contributed by atoms with Crippen molar-refractivity contribution in [1.29, 1.82) is 0 Å². The molecule has 106 valence electrons. The van der Waals surface area contributed by atoms with Crippen LogP contribution in [0.2, 0.25) is 0 Å². The first-order chi connectivity index (χ1) is 9.43. The van der Waals surface area contributed by atoms with Crippen molar-refractivity contribution in [1.82, 2.24) is 4.90 Å². The second-order valence-electron chi connectivity index (χ2n) is 4.53. The summed E-state index contributed by atoms with van der Waals surface area (Å²) in [5.41, 5.74) is 0.853.